The van der Waals surface area contributed by atoms with E-state index in [2.05, 4.69) is 22.6 Å². The Morgan fingerprint density at radius 3 is 2.77 bits per heavy atom. The van der Waals surface area contributed by atoms with Crippen LogP contribution in [-0.2, 0) is 4.79 Å². The molecule has 1 aromatic rings. The predicted molar refractivity (Wildman–Crippen MR) is 59.6 cm³/mol. The molecule has 3 heteroatoms. The molecule has 0 aliphatic rings. The number of rotatable bonds is 2. The molecule has 0 aliphatic heterocycles. The lowest BCUT2D eigenvalue weighted by Gasteiger charge is -2.02. The van der Waals surface area contributed by atoms with Gasteiger partial charge in [0.05, 0.1) is 3.57 Å². The zero-order chi connectivity index (χ0) is 9.68. The molecule has 0 bridgehead atoms. The van der Waals surface area contributed by atoms with Gasteiger partial charge in [0, 0.05) is 6.08 Å². The van der Waals surface area contributed by atoms with Crippen molar-refractivity contribution in [2.75, 3.05) is 0 Å². The largest absolute Gasteiger partial charge is 0.422 e. The third-order valence-corrected chi connectivity index (χ3v) is 2.24. The summed E-state index contributed by atoms with van der Waals surface area (Å²) in [6.45, 7) is 1.78. The third-order valence-electron chi connectivity index (χ3n) is 1.35. The van der Waals surface area contributed by atoms with E-state index in [1.54, 1.807) is 19.1 Å². The summed E-state index contributed by atoms with van der Waals surface area (Å²) in [6.07, 6.45) is 3.04. The van der Waals surface area contributed by atoms with Gasteiger partial charge >= 0.3 is 5.97 Å². The van der Waals surface area contributed by atoms with Gasteiger partial charge in [-0.3, -0.25) is 0 Å². The van der Waals surface area contributed by atoms with Crippen LogP contribution in [0.25, 0.3) is 0 Å². The van der Waals surface area contributed by atoms with Crippen molar-refractivity contribution in [2.24, 2.45) is 0 Å². The summed E-state index contributed by atoms with van der Waals surface area (Å²) in [7, 11) is 0. The van der Waals surface area contributed by atoms with Gasteiger partial charge in [0.1, 0.15) is 5.75 Å². The first-order valence-corrected chi connectivity index (χ1v) is 4.91. The highest BCUT2D eigenvalue weighted by atomic mass is 127. The molecular formula is C10H9IO2. The van der Waals surface area contributed by atoms with Crippen LogP contribution in [0, 0.1) is 3.57 Å². The third kappa shape index (κ3) is 3.18. The molecule has 13 heavy (non-hydrogen) atoms. The SMILES string of the molecule is C/C=C/C(=O)Oc1ccccc1I. The molecule has 0 unspecified atom stereocenters. The number of allylic oxidation sites excluding steroid dienone is 1. The molecule has 2 nitrogen and oxygen atoms in total. The van der Waals surface area contributed by atoms with E-state index < -0.39 is 0 Å². The first-order valence-electron chi connectivity index (χ1n) is 3.83. The summed E-state index contributed by atoms with van der Waals surface area (Å²) in [6, 6.07) is 7.39. The molecule has 0 aromatic heterocycles. The number of carbonyl (C=O) groups excluding carboxylic acids is 1. The smallest absolute Gasteiger partial charge is 0.335 e. The van der Waals surface area contributed by atoms with E-state index >= 15 is 0 Å². The highest BCUT2D eigenvalue weighted by Crippen LogP contribution is 2.19. The quantitative estimate of drug-likeness (QED) is 0.362. The minimum absolute atomic E-state index is 0.341. The molecule has 0 N–H and O–H groups in total. The monoisotopic (exact) mass is 288 g/mol. The van der Waals surface area contributed by atoms with Crippen LogP contribution in [0.4, 0.5) is 0 Å². The van der Waals surface area contributed by atoms with Crippen LogP contribution in [0.5, 0.6) is 5.75 Å². The second-order valence-electron chi connectivity index (χ2n) is 2.35. The molecule has 0 saturated carbocycles. The van der Waals surface area contributed by atoms with Crippen LogP contribution in [-0.4, -0.2) is 5.97 Å². The first kappa shape index (κ1) is 10.2. The van der Waals surface area contributed by atoms with E-state index in [1.807, 2.05) is 18.2 Å². The van der Waals surface area contributed by atoms with Crippen LogP contribution in [0.2, 0.25) is 0 Å². The maximum atomic E-state index is 11.1. The summed E-state index contributed by atoms with van der Waals surface area (Å²) in [4.78, 5) is 11.1. The summed E-state index contributed by atoms with van der Waals surface area (Å²) in [5, 5.41) is 0. The molecule has 0 fully saturated rings. The Hall–Kier alpha value is -0.840. The molecule has 0 amide bonds. The Morgan fingerprint density at radius 1 is 1.46 bits per heavy atom. The molecule has 0 atom stereocenters. The van der Waals surface area contributed by atoms with Crippen LogP contribution in [0.15, 0.2) is 36.4 Å². The number of ether oxygens (including phenoxy) is 1. The number of hydrogen-bond donors (Lipinski definition) is 0. The fourth-order valence-corrected chi connectivity index (χ4v) is 1.30. The van der Waals surface area contributed by atoms with Gasteiger partial charge in [-0.1, -0.05) is 18.2 Å². The normalized spacial score (nSPS) is 10.3. The molecule has 1 aromatic carbocycles. The summed E-state index contributed by atoms with van der Waals surface area (Å²) < 4.78 is 5.98. The van der Waals surface area contributed by atoms with Crippen molar-refractivity contribution in [1.29, 1.82) is 0 Å². The Labute approximate surface area is 90.7 Å². The van der Waals surface area contributed by atoms with Gasteiger partial charge in [-0.05, 0) is 41.6 Å². The number of esters is 1. The van der Waals surface area contributed by atoms with Gasteiger partial charge in [0.2, 0.25) is 0 Å². The van der Waals surface area contributed by atoms with E-state index in [0.717, 1.165) is 3.57 Å². The second kappa shape index (κ2) is 5.01. The number of benzene rings is 1. The Morgan fingerprint density at radius 2 is 2.15 bits per heavy atom. The van der Waals surface area contributed by atoms with E-state index in [-0.39, 0.29) is 5.97 Å². The fourth-order valence-electron chi connectivity index (χ4n) is 0.806. The molecule has 0 spiro atoms. The lowest BCUT2D eigenvalue weighted by molar-refractivity contribution is -0.129. The Bertz CT molecular complexity index is 331. The highest BCUT2D eigenvalue weighted by Gasteiger charge is 2.02. The van der Waals surface area contributed by atoms with Crippen molar-refractivity contribution in [1.82, 2.24) is 0 Å². The minimum atomic E-state index is -0.341. The van der Waals surface area contributed by atoms with Gasteiger partial charge in [0.25, 0.3) is 0 Å². The standard InChI is InChI=1S/C10H9IO2/c1-2-5-10(12)13-9-7-4-3-6-8(9)11/h2-7H,1H3/b5-2+. The van der Waals surface area contributed by atoms with Crippen molar-refractivity contribution in [3.05, 3.63) is 40.0 Å². The number of carbonyl (C=O) groups is 1. The summed E-state index contributed by atoms with van der Waals surface area (Å²) in [5.74, 6) is 0.262. The van der Waals surface area contributed by atoms with Crippen molar-refractivity contribution in [3.63, 3.8) is 0 Å². The van der Waals surface area contributed by atoms with Crippen LogP contribution >= 0.6 is 22.6 Å². The van der Waals surface area contributed by atoms with Gasteiger partial charge in [-0.25, -0.2) is 4.79 Å². The van der Waals surface area contributed by atoms with Crippen molar-refractivity contribution in [2.45, 2.75) is 6.92 Å². The van der Waals surface area contributed by atoms with Crippen molar-refractivity contribution >= 4 is 28.6 Å². The van der Waals surface area contributed by atoms with E-state index in [1.165, 1.54) is 6.08 Å². The molecule has 0 saturated heterocycles. The second-order valence-corrected chi connectivity index (χ2v) is 3.51. The predicted octanol–water partition coefficient (Wildman–Crippen LogP) is 2.77. The molecule has 68 valence electrons. The Kier molecular flexibility index (Phi) is 3.95. The molecule has 0 aliphatic carbocycles. The Balaban J connectivity index is 2.74. The highest BCUT2D eigenvalue weighted by molar-refractivity contribution is 14.1. The van der Waals surface area contributed by atoms with Crippen LogP contribution in [0.1, 0.15) is 6.92 Å². The average Bonchev–Trinajstić information content (AvgIpc) is 2.09. The average molecular weight is 288 g/mol. The number of hydrogen-bond acceptors (Lipinski definition) is 2. The van der Waals surface area contributed by atoms with Gasteiger partial charge in [-0.15, -0.1) is 0 Å². The van der Waals surface area contributed by atoms with E-state index in [4.69, 9.17) is 4.74 Å². The topological polar surface area (TPSA) is 26.3 Å². The maximum absolute atomic E-state index is 11.1. The lowest BCUT2D eigenvalue weighted by atomic mass is 10.3. The van der Waals surface area contributed by atoms with Crippen LogP contribution < -0.4 is 4.74 Å². The molecule has 1 rings (SSSR count). The number of para-hydroxylation sites is 1. The van der Waals surface area contributed by atoms with E-state index in [9.17, 15) is 4.79 Å². The zero-order valence-corrected chi connectivity index (χ0v) is 9.32. The molecular weight excluding hydrogens is 279 g/mol. The van der Waals surface area contributed by atoms with Crippen molar-refractivity contribution in [3.8, 4) is 5.75 Å². The fraction of sp³-hybridized carbons (Fsp3) is 0.100. The number of halogens is 1. The van der Waals surface area contributed by atoms with Gasteiger partial charge < -0.3 is 4.74 Å². The molecule has 0 heterocycles. The van der Waals surface area contributed by atoms with E-state index in [0.29, 0.717) is 5.75 Å². The van der Waals surface area contributed by atoms with Crippen LogP contribution in [0.3, 0.4) is 0 Å². The maximum Gasteiger partial charge on any atom is 0.335 e. The molecule has 0 radical (unpaired) electrons. The summed E-state index contributed by atoms with van der Waals surface area (Å²) >= 11 is 2.12. The first-order chi connectivity index (χ1) is 6.24. The van der Waals surface area contributed by atoms with Crippen molar-refractivity contribution < 1.29 is 9.53 Å². The summed E-state index contributed by atoms with van der Waals surface area (Å²) in [5.41, 5.74) is 0. The minimum Gasteiger partial charge on any atom is -0.422 e. The lowest BCUT2D eigenvalue weighted by Crippen LogP contribution is -2.04. The van der Waals surface area contributed by atoms with Gasteiger partial charge in [-0.2, -0.15) is 0 Å². The zero-order valence-electron chi connectivity index (χ0n) is 7.16. The van der Waals surface area contributed by atoms with Gasteiger partial charge in [0.15, 0.2) is 0 Å².